The lowest BCUT2D eigenvalue weighted by atomic mass is 10.1. The van der Waals surface area contributed by atoms with Crippen molar-refractivity contribution >= 4 is 27.6 Å². The van der Waals surface area contributed by atoms with Gasteiger partial charge in [-0.25, -0.2) is 17.9 Å². The summed E-state index contributed by atoms with van der Waals surface area (Å²) < 4.78 is 37.5. The van der Waals surface area contributed by atoms with Crippen LogP contribution in [0, 0.1) is 6.92 Å². The maximum absolute atomic E-state index is 12.6. The molecular weight excluding hydrogens is 408 g/mol. The Labute approximate surface area is 176 Å². The van der Waals surface area contributed by atoms with Gasteiger partial charge in [0.15, 0.2) is 6.10 Å². The van der Waals surface area contributed by atoms with Crippen molar-refractivity contribution in [3.05, 3.63) is 53.6 Å². The van der Waals surface area contributed by atoms with Gasteiger partial charge in [-0.1, -0.05) is 25.1 Å². The van der Waals surface area contributed by atoms with Gasteiger partial charge in [-0.05, 0) is 50.6 Å². The van der Waals surface area contributed by atoms with Gasteiger partial charge in [0.25, 0.3) is 5.91 Å². The van der Waals surface area contributed by atoms with E-state index in [1.165, 1.54) is 25.1 Å². The average molecular weight is 435 g/mol. The van der Waals surface area contributed by atoms with E-state index in [4.69, 9.17) is 9.47 Å². The van der Waals surface area contributed by atoms with E-state index in [9.17, 15) is 18.0 Å². The maximum Gasteiger partial charge on any atom is 0.339 e. The van der Waals surface area contributed by atoms with E-state index >= 15 is 0 Å². The van der Waals surface area contributed by atoms with Gasteiger partial charge >= 0.3 is 5.97 Å². The number of carbonyl (C=O) groups excluding carboxylic acids is 2. The number of esters is 1. The molecule has 30 heavy (non-hydrogen) atoms. The molecule has 0 spiro atoms. The van der Waals surface area contributed by atoms with E-state index in [0.29, 0.717) is 23.6 Å². The minimum absolute atomic E-state index is 0.0513. The zero-order valence-corrected chi connectivity index (χ0v) is 18.2. The van der Waals surface area contributed by atoms with Crippen LogP contribution >= 0.6 is 0 Å². The van der Waals surface area contributed by atoms with Gasteiger partial charge in [-0.3, -0.25) is 4.79 Å². The number of anilines is 1. The predicted molar refractivity (Wildman–Crippen MR) is 113 cm³/mol. The lowest BCUT2D eigenvalue weighted by Crippen LogP contribution is -2.30. The first kappa shape index (κ1) is 23.4. The van der Waals surface area contributed by atoms with Crippen LogP contribution in [0.25, 0.3) is 0 Å². The molecule has 0 saturated heterocycles. The summed E-state index contributed by atoms with van der Waals surface area (Å²) in [5, 5.41) is 2.67. The van der Waals surface area contributed by atoms with Crippen LogP contribution in [0.4, 0.5) is 5.69 Å². The molecule has 0 aliphatic carbocycles. The Balaban J connectivity index is 2.15. The van der Waals surface area contributed by atoms with Gasteiger partial charge in [-0.2, -0.15) is 0 Å². The number of hydrogen-bond donors (Lipinski definition) is 2. The number of ether oxygens (including phenoxy) is 2. The summed E-state index contributed by atoms with van der Waals surface area (Å²) in [6.07, 6.45) is -1.11. The first-order valence-corrected chi connectivity index (χ1v) is 11.0. The second kappa shape index (κ2) is 10.2. The fraction of sp³-hybridized carbons (Fsp3) is 0.333. The second-order valence-electron chi connectivity index (χ2n) is 6.44. The highest BCUT2D eigenvalue weighted by Gasteiger charge is 2.23. The largest absolute Gasteiger partial charge is 0.492 e. The van der Waals surface area contributed by atoms with Crippen molar-refractivity contribution in [3.63, 3.8) is 0 Å². The van der Waals surface area contributed by atoms with E-state index in [1.807, 2.05) is 6.92 Å². The van der Waals surface area contributed by atoms with E-state index in [0.717, 1.165) is 0 Å². The van der Waals surface area contributed by atoms with Crippen molar-refractivity contribution < 1.29 is 27.5 Å². The van der Waals surface area contributed by atoms with Crippen LogP contribution in [0.2, 0.25) is 0 Å². The Morgan fingerprint density at radius 1 is 1.10 bits per heavy atom. The van der Waals surface area contributed by atoms with E-state index in [1.54, 1.807) is 38.1 Å². The van der Waals surface area contributed by atoms with Crippen molar-refractivity contribution in [2.24, 2.45) is 0 Å². The maximum atomic E-state index is 12.6. The highest BCUT2D eigenvalue weighted by Crippen LogP contribution is 2.24. The molecule has 0 radical (unpaired) electrons. The summed E-state index contributed by atoms with van der Waals surface area (Å²) in [4.78, 5) is 25.0. The second-order valence-corrected chi connectivity index (χ2v) is 8.21. The molecule has 2 aromatic carbocycles. The first-order chi connectivity index (χ1) is 14.2. The molecular formula is C21H26N2O6S. The van der Waals surface area contributed by atoms with E-state index in [2.05, 4.69) is 10.0 Å². The van der Waals surface area contributed by atoms with E-state index < -0.39 is 28.0 Å². The molecule has 8 nitrogen and oxygen atoms in total. The summed E-state index contributed by atoms with van der Waals surface area (Å²) in [6, 6.07) is 11.1. The highest BCUT2D eigenvalue weighted by molar-refractivity contribution is 7.89. The monoisotopic (exact) mass is 434 g/mol. The number of nitrogens with one attached hydrogen (secondary N) is 2. The average Bonchev–Trinajstić information content (AvgIpc) is 2.69. The van der Waals surface area contributed by atoms with Crippen LogP contribution in [0.5, 0.6) is 5.75 Å². The highest BCUT2D eigenvalue weighted by atomic mass is 32.2. The Morgan fingerprint density at radius 3 is 2.47 bits per heavy atom. The van der Waals surface area contributed by atoms with Crippen LogP contribution in [0.1, 0.15) is 36.7 Å². The first-order valence-electron chi connectivity index (χ1n) is 9.53. The Hall–Kier alpha value is -2.91. The van der Waals surface area contributed by atoms with Gasteiger partial charge < -0.3 is 14.8 Å². The fourth-order valence-electron chi connectivity index (χ4n) is 2.62. The molecule has 0 heterocycles. The molecule has 0 aliphatic rings. The molecule has 1 amide bonds. The number of rotatable bonds is 9. The number of carbonyl (C=O) groups is 2. The summed E-state index contributed by atoms with van der Waals surface area (Å²) in [5.41, 5.74) is 1.07. The third-order valence-corrected chi connectivity index (χ3v) is 5.71. The molecule has 1 unspecified atom stereocenters. The number of sulfonamides is 1. The molecule has 162 valence electrons. The number of para-hydroxylation sites is 2. The zero-order valence-electron chi connectivity index (χ0n) is 17.4. The molecule has 0 bridgehead atoms. The molecule has 0 fully saturated rings. The molecule has 2 N–H and O–H groups in total. The molecule has 0 aromatic heterocycles. The summed E-state index contributed by atoms with van der Waals surface area (Å²) >= 11 is 0. The fourth-order valence-corrected chi connectivity index (χ4v) is 3.69. The molecule has 2 aromatic rings. The Morgan fingerprint density at radius 2 is 1.80 bits per heavy atom. The van der Waals surface area contributed by atoms with E-state index in [-0.39, 0.29) is 17.0 Å². The lowest BCUT2D eigenvalue weighted by molar-refractivity contribution is -0.123. The summed E-state index contributed by atoms with van der Waals surface area (Å²) in [6.45, 7) is 7.23. The molecule has 0 saturated carbocycles. The topological polar surface area (TPSA) is 111 Å². The van der Waals surface area contributed by atoms with Crippen LogP contribution in [-0.4, -0.2) is 39.5 Å². The Kier molecular flexibility index (Phi) is 7.96. The van der Waals surface area contributed by atoms with Gasteiger partial charge in [0.2, 0.25) is 10.0 Å². The van der Waals surface area contributed by atoms with Crippen molar-refractivity contribution in [3.8, 4) is 5.75 Å². The lowest BCUT2D eigenvalue weighted by Gasteiger charge is -2.16. The molecule has 2 rings (SSSR count). The summed E-state index contributed by atoms with van der Waals surface area (Å²) in [5.74, 6) is -0.824. The normalized spacial score (nSPS) is 12.1. The Bertz CT molecular complexity index is 1020. The number of amides is 1. The minimum atomic E-state index is -3.73. The molecule has 9 heteroatoms. The third-order valence-electron chi connectivity index (χ3n) is 4.17. The van der Waals surface area contributed by atoms with Crippen molar-refractivity contribution in [2.45, 2.75) is 38.7 Å². The SMILES string of the molecule is CCNS(=O)(=O)c1ccc(C)c(C(=O)OC(C)C(=O)Nc2ccccc2OCC)c1. The predicted octanol–water partition coefficient (Wildman–Crippen LogP) is 2.88. The zero-order chi connectivity index (χ0) is 22.3. The third kappa shape index (κ3) is 5.80. The number of benzene rings is 2. The van der Waals surface area contributed by atoms with Crippen LogP contribution < -0.4 is 14.8 Å². The van der Waals surface area contributed by atoms with Gasteiger partial charge in [0.05, 0.1) is 22.8 Å². The van der Waals surface area contributed by atoms with Gasteiger partial charge in [-0.15, -0.1) is 0 Å². The van der Waals surface area contributed by atoms with Gasteiger partial charge in [0.1, 0.15) is 5.75 Å². The number of aryl methyl sites for hydroxylation is 1. The smallest absolute Gasteiger partial charge is 0.339 e. The minimum Gasteiger partial charge on any atom is -0.492 e. The van der Waals surface area contributed by atoms with Crippen LogP contribution in [0.3, 0.4) is 0 Å². The summed E-state index contributed by atoms with van der Waals surface area (Å²) in [7, 11) is -3.73. The van der Waals surface area contributed by atoms with Crippen molar-refractivity contribution in [2.75, 3.05) is 18.5 Å². The van der Waals surface area contributed by atoms with Crippen molar-refractivity contribution in [1.82, 2.24) is 4.72 Å². The van der Waals surface area contributed by atoms with Gasteiger partial charge in [0, 0.05) is 6.54 Å². The molecule has 1 atom stereocenters. The standard InChI is InChI=1S/C21H26N2O6S/c1-5-22-30(26,27)16-12-11-14(3)17(13-16)21(25)29-15(4)20(24)23-18-9-7-8-10-19(18)28-6-2/h7-13,15,22H,5-6H2,1-4H3,(H,23,24). The molecule has 0 aliphatic heterocycles. The van der Waals surface area contributed by atoms with Crippen LogP contribution in [0.15, 0.2) is 47.4 Å². The van der Waals surface area contributed by atoms with Crippen LogP contribution in [-0.2, 0) is 19.6 Å². The quantitative estimate of drug-likeness (QED) is 0.587. The van der Waals surface area contributed by atoms with Crippen molar-refractivity contribution in [1.29, 1.82) is 0 Å². The number of hydrogen-bond acceptors (Lipinski definition) is 6.